The molecule has 1 aromatic rings. The molecule has 1 amide bonds. The molecule has 1 aliphatic carbocycles. The molecule has 1 heterocycles. The highest BCUT2D eigenvalue weighted by molar-refractivity contribution is 9.10. The fourth-order valence-electron chi connectivity index (χ4n) is 1.50. The smallest absolute Gasteiger partial charge is 0.226 e. The molecule has 2 N–H and O–H groups in total. The van der Waals surface area contributed by atoms with Gasteiger partial charge in [0.1, 0.15) is 5.82 Å². The van der Waals surface area contributed by atoms with Crippen molar-refractivity contribution in [3.05, 3.63) is 22.3 Å². The standard InChI is InChI=1S/C12H16BrN3O/c1-8-10(13)4-5-11(15-8)16-12(17)6-7-14-9-2-3-9/h4-5,9,14H,2-3,6-7H2,1H3,(H,15,16,17). The third-order valence-electron chi connectivity index (χ3n) is 2.65. The van der Waals surface area contributed by atoms with Crippen molar-refractivity contribution >= 4 is 27.7 Å². The summed E-state index contributed by atoms with van der Waals surface area (Å²) >= 11 is 3.38. The second-order valence-corrected chi connectivity index (χ2v) is 5.14. The van der Waals surface area contributed by atoms with E-state index in [1.54, 1.807) is 6.07 Å². The van der Waals surface area contributed by atoms with Crippen molar-refractivity contribution in [2.75, 3.05) is 11.9 Å². The van der Waals surface area contributed by atoms with Crippen LogP contribution in [0.2, 0.25) is 0 Å². The SMILES string of the molecule is Cc1nc(NC(=O)CCNC2CC2)ccc1Br. The first-order chi connectivity index (χ1) is 8.15. The van der Waals surface area contributed by atoms with Crippen molar-refractivity contribution in [1.29, 1.82) is 0 Å². The molecule has 1 aliphatic rings. The van der Waals surface area contributed by atoms with Crippen LogP contribution in [-0.2, 0) is 4.79 Å². The topological polar surface area (TPSA) is 54.0 Å². The van der Waals surface area contributed by atoms with Gasteiger partial charge in [0.25, 0.3) is 0 Å². The molecule has 0 spiro atoms. The van der Waals surface area contributed by atoms with Gasteiger partial charge in [0, 0.05) is 23.5 Å². The number of hydrogen-bond donors (Lipinski definition) is 2. The minimum atomic E-state index is 0.00683. The summed E-state index contributed by atoms with van der Waals surface area (Å²) in [5.41, 5.74) is 0.874. The quantitative estimate of drug-likeness (QED) is 0.876. The van der Waals surface area contributed by atoms with Crippen LogP contribution in [0, 0.1) is 6.92 Å². The van der Waals surface area contributed by atoms with Crippen LogP contribution in [-0.4, -0.2) is 23.5 Å². The van der Waals surface area contributed by atoms with E-state index in [1.807, 2.05) is 13.0 Å². The molecule has 0 radical (unpaired) electrons. The number of nitrogens with one attached hydrogen (secondary N) is 2. The summed E-state index contributed by atoms with van der Waals surface area (Å²) in [6, 6.07) is 4.33. The van der Waals surface area contributed by atoms with Crippen LogP contribution >= 0.6 is 15.9 Å². The molecule has 0 unspecified atom stereocenters. The molecular formula is C12H16BrN3O. The van der Waals surface area contributed by atoms with Crippen LogP contribution in [0.1, 0.15) is 25.0 Å². The van der Waals surface area contributed by atoms with Crippen LogP contribution in [0.15, 0.2) is 16.6 Å². The van der Waals surface area contributed by atoms with Gasteiger partial charge in [-0.25, -0.2) is 4.98 Å². The first kappa shape index (κ1) is 12.5. The number of carbonyl (C=O) groups excluding carboxylic acids is 1. The highest BCUT2D eigenvalue weighted by Gasteiger charge is 2.20. The first-order valence-electron chi connectivity index (χ1n) is 5.81. The Labute approximate surface area is 109 Å². The van der Waals surface area contributed by atoms with E-state index in [-0.39, 0.29) is 5.91 Å². The fraction of sp³-hybridized carbons (Fsp3) is 0.500. The van der Waals surface area contributed by atoms with Crippen molar-refractivity contribution in [2.24, 2.45) is 0 Å². The Morgan fingerprint density at radius 2 is 2.29 bits per heavy atom. The number of anilines is 1. The molecule has 0 aliphatic heterocycles. The van der Waals surface area contributed by atoms with Crippen molar-refractivity contribution in [1.82, 2.24) is 10.3 Å². The summed E-state index contributed by atoms with van der Waals surface area (Å²) in [6.45, 7) is 2.64. The summed E-state index contributed by atoms with van der Waals surface area (Å²) < 4.78 is 0.950. The van der Waals surface area contributed by atoms with Crippen LogP contribution < -0.4 is 10.6 Å². The van der Waals surface area contributed by atoms with Crippen LogP contribution in [0.3, 0.4) is 0 Å². The second-order valence-electron chi connectivity index (χ2n) is 4.29. The Hall–Kier alpha value is -0.940. The maximum absolute atomic E-state index is 11.6. The molecule has 1 aromatic heterocycles. The monoisotopic (exact) mass is 297 g/mol. The molecule has 1 saturated carbocycles. The minimum absolute atomic E-state index is 0.00683. The Morgan fingerprint density at radius 1 is 1.53 bits per heavy atom. The van der Waals surface area contributed by atoms with Crippen LogP contribution in [0.5, 0.6) is 0 Å². The number of halogens is 1. The molecule has 0 aromatic carbocycles. The van der Waals surface area contributed by atoms with Gasteiger partial charge < -0.3 is 10.6 Å². The van der Waals surface area contributed by atoms with Gasteiger partial charge in [0.15, 0.2) is 0 Å². The Morgan fingerprint density at radius 3 is 2.94 bits per heavy atom. The van der Waals surface area contributed by atoms with Gasteiger partial charge in [-0.1, -0.05) is 0 Å². The van der Waals surface area contributed by atoms with Crippen molar-refractivity contribution in [2.45, 2.75) is 32.2 Å². The summed E-state index contributed by atoms with van der Waals surface area (Å²) in [4.78, 5) is 15.9. The van der Waals surface area contributed by atoms with E-state index in [4.69, 9.17) is 0 Å². The Kier molecular flexibility index (Phi) is 4.12. The van der Waals surface area contributed by atoms with Crippen molar-refractivity contribution in [3.8, 4) is 0 Å². The van der Waals surface area contributed by atoms with Crippen molar-refractivity contribution in [3.63, 3.8) is 0 Å². The molecule has 2 rings (SSSR count). The third kappa shape index (κ3) is 4.09. The van der Waals surface area contributed by atoms with Gasteiger partial charge in [-0.2, -0.15) is 0 Å². The number of nitrogens with zero attached hydrogens (tertiary/aromatic N) is 1. The molecule has 92 valence electrons. The summed E-state index contributed by atoms with van der Waals surface area (Å²) in [6.07, 6.45) is 2.98. The van der Waals surface area contributed by atoms with E-state index in [9.17, 15) is 4.79 Å². The van der Waals surface area contributed by atoms with E-state index in [1.165, 1.54) is 12.8 Å². The van der Waals surface area contributed by atoms with Gasteiger partial charge in [0.05, 0.1) is 5.69 Å². The molecule has 0 atom stereocenters. The number of amides is 1. The number of rotatable bonds is 5. The lowest BCUT2D eigenvalue weighted by molar-refractivity contribution is -0.116. The lowest BCUT2D eigenvalue weighted by atomic mass is 10.3. The normalized spacial score (nSPS) is 14.7. The van der Waals surface area contributed by atoms with Gasteiger partial charge in [-0.15, -0.1) is 0 Å². The summed E-state index contributed by atoms with van der Waals surface area (Å²) in [5, 5.41) is 6.10. The molecular weight excluding hydrogens is 282 g/mol. The average Bonchev–Trinajstić information content (AvgIpc) is 3.07. The van der Waals surface area contributed by atoms with E-state index in [0.717, 1.165) is 16.7 Å². The van der Waals surface area contributed by atoms with Crippen LogP contribution in [0.4, 0.5) is 5.82 Å². The zero-order chi connectivity index (χ0) is 12.3. The predicted molar refractivity (Wildman–Crippen MR) is 70.9 cm³/mol. The van der Waals surface area contributed by atoms with Gasteiger partial charge in [0.2, 0.25) is 5.91 Å². The van der Waals surface area contributed by atoms with E-state index in [0.29, 0.717) is 18.3 Å². The van der Waals surface area contributed by atoms with E-state index < -0.39 is 0 Å². The Balaban J connectivity index is 1.77. The maximum atomic E-state index is 11.6. The molecule has 1 fully saturated rings. The number of aryl methyl sites for hydroxylation is 1. The van der Waals surface area contributed by atoms with E-state index in [2.05, 4.69) is 31.5 Å². The van der Waals surface area contributed by atoms with Crippen LogP contribution in [0.25, 0.3) is 0 Å². The van der Waals surface area contributed by atoms with E-state index >= 15 is 0 Å². The number of carbonyl (C=O) groups is 1. The van der Waals surface area contributed by atoms with Gasteiger partial charge in [-0.05, 0) is 47.8 Å². The summed E-state index contributed by atoms with van der Waals surface area (Å²) in [5.74, 6) is 0.620. The highest BCUT2D eigenvalue weighted by atomic mass is 79.9. The molecule has 0 saturated heterocycles. The lowest BCUT2D eigenvalue weighted by Gasteiger charge is -2.06. The van der Waals surface area contributed by atoms with Crippen molar-refractivity contribution < 1.29 is 4.79 Å². The third-order valence-corrected chi connectivity index (χ3v) is 3.49. The Bertz CT molecular complexity index is 418. The largest absolute Gasteiger partial charge is 0.313 e. The minimum Gasteiger partial charge on any atom is -0.313 e. The molecule has 17 heavy (non-hydrogen) atoms. The molecule has 0 bridgehead atoms. The maximum Gasteiger partial charge on any atom is 0.226 e. The van der Waals surface area contributed by atoms with Gasteiger partial charge >= 0.3 is 0 Å². The van der Waals surface area contributed by atoms with Gasteiger partial charge in [-0.3, -0.25) is 4.79 Å². The average molecular weight is 298 g/mol. The zero-order valence-electron chi connectivity index (χ0n) is 9.79. The predicted octanol–water partition coefficient (Wildman–Crippen LogP) is 2.23. The molecule has 5 heteroatoms. The highest BCUT2D eigenvalue weighted by Crippen LogP contribution is 2.18. The second kappa shape index (κ2) is 5.60. The fourth-order valence-corrected chi connectivity index (χ4v) is 1.72. The number of aromatic nitrogens is 1. The lowest BCUT2D eigenvalue weighted by Crippen LogP contribution is -2.23. The zero-order valence-corrected chi connectivity index (χ0v) is 11.4. The number of hydrogen-bond acceptors (Lipinski definition) is 3. The first-order valence-corrected chi connectivity index (χ1v) is 6.61. The summed E-state index contributed by atoms with van der Waals surface area (Å²) in [7, 11) is 0. The molecule has 4 nitrogen and oxygen atoms in total. The number of pyridine rings is 1.